The van der Waals surface area contributed by atoms with Crippen LogP contribution in [0.1, 0.15) is 25.7 Å². The summed E-state index contributed by atoms with van der Waals surface area (Å²) in [6, 6.07) is 1.65. The van der Waals surface area contributed by atoms with E-state index in [4.69, 9.17) is 11.6 Å². The van der Waals surface area contributed by atoms with Gasteiger partial charge in [-0.15, -0.1) is 6.58 Å². The maximum absolute atomic E-state index is 14.5. The van der Waals surface area contributed by atoms with Crippen LogP contribution >= 0.6 is 27.5 Å². The van der Waals surface area contributed by atoms with Crippen molar-refractivity contribution in [3.05, 3.63) is 40.1 Å². The van der Waals surface area contributed by atoms with Gasteiger partial charge in [0.2, 0.25) is 5.28 Å². The summed E-state index contributed by atoms with van der Waals surface area (Å²) >= 11 is 8.97. The van der Waals surface area contributed by atoms with Gasteiger partial charge in [-0.25, -0.2) is 13.8 Å². The quantitative estimate of drug-likeness (QED) is 0.381. The lowest BCUT2D eigenvalue weighted by Gasteiger charge is -2.51. The van der Waals surface area contributed by atoms with Crippen molar-refractivity contribution in [2.24, 2.45) is 5.92 Å². The van der Waals surface area contributed by atoms with E-state index in [0.717, 1.165) is 25.7 Å². The molecule has 126 valence electrons. The first-order valence-electron chi connectivity index (χ1n) is 7.93. The maximum atomic E-state index is 14.5. The van der Waals surface area contributed by atoms with Crippen LogP contribution in [0.2, 0.25) is 5.28 Å². The fourth-order valence-corrected chi connectivity index (χ4v) is 4.61. The molecule has 0 amide bonds. The monoisotopic (exact) mass is 413 g/mol. The summed E-state index contributed by atoms with van der Waals surface area (Å²) in [5.74, 6) is -0.451. The Morgan fingerprint density at radius 1 is 1.25 bits per heavy atom. The Bertz CT molecular complexity index is 836. The van der Waals surface area contributed by atoms with E-state index in [1.165, 1.54) is 6.07 Å². The topological polar surface area (TPSA) is 29.0 Å². The Labute approximate surface area is 151 Å². The van der Waals surface area contributed by atoms with E-state index in [9.17, 15) is 8.78 Å². The van der Waals surface area contributed by atoms with Crippen LogP contribution < -0.4 is 4.90 Å². The number of hydrogen-bond acceptors (Lipinski definition) is 3. The van der Waals surface area contributed by atoms with Crippen molar-refractivity contribution in [1.82, 2.24) is 9.97 Å². The smallest absolute Gasteiger partial charge is 0.225 e. The molecule has 1 aliphatic carbocycles. The second-order valence-electron chi connectivity index (χ2n) is 6.40. The Hall–Kier alpha value is -1.27. The van der Waals surface area contributed by atoms with Gasteiger partial charge >= 0.3 is 0 Å². The lowest BCUT2D eigenvalue weighted by molar-refractivity contribution is 0.215. The van der Waals surface area contributed by atoms with Gasteiger partial charge in [-0.3, -0.25) is 0 Å². The van der Waals surface area contributed by atoms with Gasteiger partial charge in [0.05, 0.1) is 10.5 Å². The van der Waals surface area contributed by atoms with Crippen LogP contribution in [-0.4, -0.2) is 22.1 Å². The Balaban J connectivity index is 1.98. The molecule has 0 N–H and O–H groups in total. The minimum Gasteiger partial charge on any atom is -0.346 e. The average Bonchev–Trinajstić information content (AvgIpc) is 2.60. The third-order valence-electron chi connectivity index (χ3n) is 5.20. The maximum Gasteiger partial charge on any atom is 0.225 e. The van der Waals surface area contributed by atoms with Crippen LogP contribution in [0, 0.1) is 17.6 Å². The highest BCUT2D eigenvalue weighted by atomic mass is 79.9. The summed E-state index contributed by atoms with van der Waals surface area (Å²) in [7, 11) is 0. The van der Waals surface area contributed by atoms with Gasteiger partial charge in [0.15, 0.2) is 5.82 Å². The second kappa shape index (κ2) is 5.92. The standard InChI is InChI=1S/C17H15BrClF2N3/c1-2-12-8-3-5-9(6-4-8)24(12)16-10-7-11(20)13(18)14(21)15(10)22-17(19)23-16/h2,7-9,12H,1,3-6H2/t8-,9+,12?. The summed E-state index contributed by atoms with van der Waals surface area (Å²) in [6.07, 6.45) is 6.27. The number of hydrogen-bond donors (Lipinski definition) is 0. The molecule has 3 aliphatic rings. The first kappa shape index (κ1) is 16.2. The molecule has 2 bridgehead atoms. The van der Waals surface area contributed by atoms with Crippen LogP contribution in [0.4, 0.5) is 14.6 Å². The van der Waals surface area contributed by atoms with E-state index in [-0.39, 0.29) is 27.4 Å². The number of nitrogens with zero attached hydrogens (tertiary/aromatic N) is 3. The largest absolute Gasteiger partial charge is 0.346 e. The zero-order chi connectivity index (χ0) is 17.0. The first-order chi connectivity index (χ1) is 11.5. The van der Waals surface area contributed by atoms with Crippen molar-refractivity contribution in [3.63, 3.8) is 0 Å². The van der Waals surface area contributed by atoms with E-state index >= 15 is 0 Å². The minimum atomic E-state index is -0.757. The molecule has 1 aromatic carbocycles. The molecule has 3 nitrogen and oxygen atoms in total. The van der Waals surface area contributed by atoms with Gasteiger partial charge in [-0.2, -0.15) is 4.98 Å². The van der Waals surface area contributed by atoms with Crippen LogP contribution in [-0.2, 0) is 0 Å². The molecule has 0 radical (unpaired) electrons. The number of anilines is 1. The van der Waals surface area contributed by atoms with Crippen molar-refractivity contribution in [3.8, 4) is 0 Å². The number of aromatic nitrogens is 2. The Kier molecular flexibility index (Phi) is 4.00. The predicted molar refractivity (Wildman–Crippen MR) is 94.4 cm³/mol. The molecule has 3 fully saturated rings. The molecule has 7 heteroatoms. The number of piperidine rings is 2. The van der Waals surface area contributed by atoms with Gasteiger partial charge in [-0.05, 0) is 65.2 Å². The summed E-state index contributed by atoms with van der Waals surface area (Å²) < 4.78 is 28.3. The number of fused-ring (bicyclic) bond motifs is 4. The molecule has 3 heterocycles. The highest BCUT2D eigenvalue weighted by molar-refractivity contribution is 9.10. The molecule has 24 heavy (non-hydrogen) atoms. The van der Waals surface area contributed by atoms with Crippen molar-refractivity contribution in [2.45, 2.75) is 37.8 Å². The van der Waals surface area contributed by atoms with Gasteiger partial charge < -0.3 is 4.90 Å². The predicted octanol–water partition coefficient (Wildman–Crippen LogP) is 5.26. The van der Waals surface area contributed by atoms with Crippen molar-refractivity contribution in [2.75, 3.05) is 4.90 Å². The van der Waals surface area contributed by atoms with Gasteiger partial charge in [0.25, 0.3) is 0 Å². The molecule has 1 aromatic heterocycles. The fraction of sp³-hybridized carbons (Fsp3) is 0.412. The van der Waals surface area contributed by atoms with Crippen LogP contribution in [0.3, 0.4) is 0 Å². The van der Waals surface area contributed by atoms with Crippen molar-refractivity contribution < 1.29 is 8.78 Å². The molecular weight excluding hydrogens is 400 g/mol. The average molecular weight is 415 g/mol. The minimum absolute atomic E-state index is 0.0301. The summed E-state index contributed by atoms with van der Waals surface area (Å²) in [5.41, 5.74) is 0.0301. The van der Waals surface area contributed by atoms with Crippen molar-refractivity contribution >= 4 is 44.3 Å². The van der Waals surface area contributed by atoms with E-state index < -0.39 is 11.6 Å². The molecule has 1 atom stereocenters. The molecule has 2 saturated heterocycles. The summed E-state index contributed by atoms with van der Waals surface area (Å²) in [6.45, 7) is 3.96. The summed E-state index contributed by atoms with van der Waals surface area (Å²) in [5, 5.41) is 0.302. The van der Waals surface area contributed by atoms with Gasteiger partial charge in [-0.1, -0.05) is 6.08 Å². The highest BCUT2D eigenvalue weighted by Crippen LogP contribution is 2.44. The first-order valence-corrected chi connectivity index (χ1v) is 9.10. The third-order valence-corrected chi connectivity index (χ3v) is 6.10. The summed E-state index contributed by atoms with van der Waals surface area (Å²) in [4.78, 5) is 10.4. The Morgan fingerprint density at radius 2 is 1.96 bits per heavy atom. The zero-order valence-electron chi connectivity index (χ0n) is 12.8. The Morgan fingerprint density at radius 3 is 2.62 bits per heavy atom. The SMILES string of the molecule is C=CC1[C@H]2CC[C@H](CC2)N1c1nc(Cl)nc2c(F)c(Br)c(F)cc12. The number of benzene rings is 1. The van der Waals surface area contributed by atoms with Gasteiger partial charge in [0, 0.05) is 11.4 Å². The molecule has 1 unspecified atom stereocenters. The highest BCUT2D eigenvalue weighted by Gasteiger charge is 2.41. The zero-order valence-corrected chi connectivity index (χ0v) is 15.1. The normalized spacial score (nSPS) is 26.2. The lowest BCUT2D eigenvalue weighted by atomic mass is 9.74. The lowest BCUT2D eigenvalue weighted by Crippen LogP contribution is -2.55. The van der Waals surface area contributed by atoms with E-state index in [1.807, 2.05) is 6.08 Å². The van der Waals surface area contributed by atoms with Gasteiger partial charge in [0.1, 0.15) is 17.2 Å². The van der Waals surface area contributed by atoms with E-state index in [1.54, 1.807) is 0 Å². The van der Waals surface area contributed by atoms with Crippen LogP contribution in [0.15, 0.2) is 23.2 Å². The molecule has 5 rings (SSSR count). The van der Waals surface area contributed by atoms with E-state index in [2.05, 4.69) is 37.4 Å². The number of rotatable bonds is 2. The molecule has 2 aliphatic heterocycles. The molecule has 2 aromatic rings. The van der Waals surface area contributed by atoms with Crippen LogP contribution in [0.25, 0.3) is 10.9 Å². The van der Waals surface area contributed by atoms with Crippen molar-refractivity contribution in [1.29, 1.82) is 0 Å². The molecule has 0 spiro atoms. The molecular formula is C17H15BrClF2N3. The fourth-order valence-electron chi connectivity index (χ4n) is 4.14. The second-order valence-corrected chi connectivity index (χ2v) is 7.53. The van der Waals surface area contributed by atoms with Crippen LogP contribution in [0.5, 0.6) is 0 Å². The molecule has 1 saturated carbocycles. The van der Waals surface area contributed by atoms with E-state index in [0.29, 0.717) is 17.1 Å². The number of halogens is 4. The third kappa shape index (κ3) is 2.34.